The van der Waals surface area contributed by atoms with Gasteiger partial charge in [-0.3, -0.25) is 0 Å². The molecule has 3 rings (SSSR count). The highest BCUT2D eigenvalue weighted by molar-refractivity contribution is 7.89. The van der Waals surface area contributed by atoms with Crippen LogP contribution in [0.15, 0.2) is 46.7 Å². The minimum absolute atomic E-state index is 0.0229. The van der Waals surface area contributed by atoms with Crippen LogP contribution in [0.1, 0.15) is 16.1 Å². The lowest BCUT2D eigenvalue weighted by Gasteiger charge is -2.10. The molecular weight excluding hydrogens is 444 g/mol. The Balaban J connectivity index is 1.77. The number of para-hydroxylation sites is 1. The van der Waals surface area contributed by atoms with E-state index in [9.17, 15) is 13.2 Å². The smallest absolute Gasteiger partial charge is 0.338 e. The average molecular weight is 465 g/mol. The highest BCUT2D eigenvalue weighted by atomic mass is 32.2. The summed E-state index contributed by atoms with van der Waals surface area (Å²) < 4.78 is 44.4. The molecule has 0 unspecified atom stereocenters. The molecule has 0 atom stereocenters. The number of primary sulfonamides is 1. The number of carbonyl (C=O) groups is 1. The number of thiazole rings is 1. The Morgan fingerprint density at radius 1 is 1.06 bits per heavy atom. The second-order valence-corrected chi connectivity index (χ2v) is 8.56. The van der Waals surface area contributed by atoms with Crippen molar-refractivity contribution in [2.75, 3.05) is 21.3 Å². The lowest BCUT2D eigenvalue weighted by atomic mass is 10.2. The van der Waals surface area contributed by atoms with Crippen LogP contribution in [0.25, 0.3) is 10.6 Å². The van der Waals surface area contributed by atoms with Crippen LogP contribution in [-0.2, 0) is 21.4 Å². The molecule has 0 spiro atoms. The van der Waals surface area contributed by atoms with Crippen molar-refractivity contribution < 1.29 is 32.2 Å². The van der Waals surface area contributed by atoms with Crippen LogP contribution in [0.3, 0.4) is 0 Å². The number of benzene rings is 2. The van der Waals surface area contributed by atoms with Crippen LogP contribution in [0.5, 0.6) is 17.2 Å². The van der Waals surface area contributed by atoms with E-state index in [-0.39, 0.29) is 22.8 Å². The number of nitrogens with zero attached hydrogens (tertiary/aromatic N) is 1. The summed E-state index contributed by atoms with van der Waals surface area (Å²) in [4.78, 5) is 16.6. The second kappa shape index (κ2) is 9.33. The van der Waals surface area contributed by atoms with E-state index in [1.54, 1.807) is 25.7 Å². The first-order valence-corrected chi connectivity index (χ1v) is 11.2. The molecule has 0 saturated heterocycles. The molecule has 0 fully saturated rings. The van der Waals surface area contributed by atoms with Gasteiger partial charge in [-0.05, 0) is 30.3 Å². The summed E-state index contributed by atoms with van der Waals surface area (Å²) in [5.41, 5.74) is 1.30. The van der Waals surface area contributed by atoms with Crippen LogP contribution in [0.4, 0.5) is 0 Å². The number of ether oxygens (including phenoxy) is 4. The maximum absolute atomic E-state index is 12.4. The Hall–Kier alpha value is -3.15. The van der Waals surface area contributed by atoms with Crippen LogP contribution in [-0.4, -0.2) is 40.7 Å². The Bertz CT molecular complexity index is 1210. The summed E-state index contributed by atoms with van der Waals surface area (Å²) in [5, 5.41) is 7.61. The fourth-order valence-electron chi connectivity index (χ4n) is 2.80. The van der Waals surface area contributed by atoms with Gasteiger partial charge in [0, 0.05) is 5.38 Å². The molecular formula is C20H20N2O7S2. The highest BCUT2D eigenvalue weighted by Crippen LogP contribution is 2.39. The average Bonchev–Trinajstić information content (AvgIpc) is 3.24. The van der Waals surface area contributed by atoms with E-state index in [2.05, 4.69) is 4.98 Å². The maximum atomic E-state index is 12.4. The highest BCUT2D eigenvalue weighted by Gasteiger charge is 2.19. The van der Waals surface area contributed by atoms with Gasteiger partial charge in [-0.1, -0.05) is 6.07 Å². The largest absolute Gasteiger partial charge is 0.495 e. The zero-order chi connectivity index (χ0) is 22.6. The van der Waals surface area contributed by atoms with Crippen molar-refractivity contribution in [2.24, 2.45) is 5.14 Å². The monoisotopic (exact) mass is 464 g/mol. The van der Waals surface area contributed by atoms with Crippen molar-refractivity contribution in [3.05, 3.63) is 53.0 Å². The van der Waals surface area contributed by atoms with Gasteiger partial charge < -0.3 is 18.9 Å². The molecule has 0 aliphatic heterocycles. The molecule has 31 heavy (non-hydrogen) atoms. The fraction of sp³-hybridized carbons (Fsp3) is 0.200. The van der Waals surface area contributed by atoms with Crippen molar-refractivity contribution in [2.45, 2.75) is 11.5 Å². The van der Waals surface area contributed by atoms with Gasteiger partial charge in [0.1, 0.15) is 22.3 Å². The molecule has 1 heterocycles. The summed E-state index contributed by atoms with van der Waals surface area (Å²) in [6.45, 7) is -0.0989. The maximum Gasteiger partial charge on any atom is 0.338 e. The minimum Gasteiger partial charge on any atom is -0.495 e. The van der Waals surface area contributed by atoms with Gasteiger partial charge in [-0.25, -0.2) is 23.3 Å². The first-order valence-electron chi connectivity index (χ1n) is 8.82. The lowest BCUT2D eigenvalue weighted by Crippen LogP contribution is -2.15. The predicted octanol–water partition coefficient (Wildman–Crippen LogP) is 2.84. The van der Waals surface area contributed by atoms with Crippen molar-refractivity contribution in [3.8, 4) is 27.8 Å². The third-order valence-corrected chi connectivity index (χ3v) is 6.10. The Labute approximate surface area is 183 Å². The van der Waals surface area contributed by atoms with Crippen LogP contribution >= 0.6 is 11.3 Å². The number of hydrogen-bond donors (Lipinski definition) is 1. The summed E-state index contributed by atoms with van der Waals surface area (Å²) >= 11 is 1.36. The summed E-state index contributed by atoms with van der Waals surface area (Å²) in [7, 11) is 0.325. The van der Waals surface area contributed by atoms with E-state index in [4.69, 9.17) is 24.1 Å². The van der Waals surface area contributed by atoms with Crippen LogP contribution in [0, 0.1) is 0 Å². The van der Waals surface area contributed by atoms with Gasteiger partial charge in [0.25, 0.3) is 0 Å². The first kappa shape index (κ1) is 22.5. The number of aromatic nitrogens is 1. The summed E-state index contributed by atoms with van der Waals surface area (Å²) in [5.74, 6) is 0.446. The standard InChI is InChI=1S/C20H20N2O7S2/c1-26-15-8-7-12(9-17(15)31(21,24)25)20(23)29-10-13-11-30-19(22-13)14-5-4-6-16(27-2)18(14)28-3/h4-9,11H,10H2,1-3H3,(H2,21,24,25). The van der Waals surface area contributed by atoms with Crippen molar-refractivity contribution >= 4 is 27.3 Å². The predicted molar refractivity (Wildman–Crippen MR) is 114 cm³/mol. The molecule has 2 aromatic carbocycles. The molecule has 164 valence electrons. The zero-order valence-electron chi connectivity index (χ0n) is 16.9. The Morgan fingerprint density at radius 2 is 1.81 bits per heavy atom. The normalized spacial score (nSPS) is 11.1. The van der Waals surface area contributed by atoms with Crippen LogP contribution in [0.2, 0.25) is 0 Å². The molecule has 0 aliphatic rings. The minimum atomic E-state index is -4.07. The summed E-state index contributed by atoms with van der Waals surface area (Å²) in [6, 6.07) is 9.30. The van der Waals surface area contributed by atoms with Gasteiger partial charge in [0.15, 0.2) is 11.5 Å². The SMILES string of the molecule is COc1ccc(C(=O)OCc2csc(-c3cccc(OC)c3OC)n2)cc1S(N)(=O)=O. The topological polar surface area (TPSA) is 127 Å². The van der Waals surface area contributed by atoms with E-state index < -0.39 is 16.0 Å². The molecule has 0 saturated carbocycles. The number of hydrogen-bond acceptors (Lipinski definition) is 9. The number of nitrogens with two attached hydrogens (primary N) is 1. The van der Waals surface area contributed by atoms with E-state index in [0.717, 1.165) is 11.6 Å². The van der Waals surface area contributed by atoms with E-state index in [0.29, 0.717) is 22.2 Å². The molecule has 0 bridgehead atoms. The van der Waals surface area contributed by atoms with Crippen molar-refractivity contribution in [3.63, 3.8) is 0 Å². The zero-order valence-corrected chi connectivity index (χ0v) is 18.6. The van der Waals surface area contributed by atoms with Gasteiger partial charge in [-0.15, -0.1) is 11.3 Å². The lowest BCUT2D eigenvalue weighted by molar-refractivity contribution is 0.0468. The second-order valence-electron chi connectivity index (χ2n) is 6.17. The van der Waals surface area contributed by atoms with Gasteiger partial charge >= 0.3 is 5.97 Å². The Kier molecular flexibility index (Phi) is 6.78. The van der Waals surface area contributed by atoms with Gasteiger partial charge in [-0.2, -0.15) is 0 Å². The number of esters is 1. The van der Waals surface area contributed by atoms with E-state index in [1.807, 2.05) is 12.1 Å². The third kappa shape index (κ3) is 4.95. The van der Waals surface area contributed by atoms with Gasteiger partial charge in [0.05, 0.1) is 38.2 Å². The number of sulfonamides is 1. The van der Waals surface area contributed by atoms with Crippen molar-refractivity contribution in [1.29, 1.82) is 0 Å². The molecule has 2 N–H and O–H groups in total. The van der Waals surface area contributed by atoms with Crippen LogP contribution < -0.4 is 19.3 Å². The molecule has 0 radical (unpaired) electrons. The molecule has 9 nitrogen and oxygen atoms in total. The van der Waals surface area contributed by atoms with Gasteiger partial charge in [0.2, 0.25) is 10.0 Å². The number of rotatable bonds is 8. The molecule has 11 heteroatoms. The van der Waals surface area contributed by atoms with E-state index >= 15 is 0 Å². The van der Waals surface area contributed by atoms with Crippen molar-refractivity contribution in [1.82, 2.24) is 4.98 Å². The molecule has 1 aromatic heterocycles. The molecule has 0 amide bonds. The fourth-order valence-corrected chi connectivity index (χ4v) is 4.35. The quantitative estimate of drug-likeness (QED) is 0.504. The van der Waals surface area contributed by atoms with E-state index in [1.165, 1.54) is 30.6 Å². The first-order chi connectivity index (χ1) is 14.8. The number of carbonyl (C=O) groups excluding carboxylic acids is 1. The molecule has 3 aromatic rings. The summed E-state index contributed by atoms with van der Waals surface area (Å²) in [6.07, 6.45) is 0. The Morgan fingerprint density at radius 3 is 2.45 bits per heavy atom. The molecule has 0 aliphatic carbocycles. The third-order valence-electron chi connectivity index (χ3n) is 4.24. The number of methoxy groups -OCH3 is 3.